The molecular formula is C10H12N4O. The maximum absolute atomic E-state index is 5.45. The summed E-state index contributed by atoms with van der Waals surface area (Å²) in [7, 11) is 1.58. The van der Waals surface area contributed by atoms with Crippen LogP contribution in [0.4, 0.5) is 0 Å². The molecule has 15 heavy (non-hydrogen) atoms. The van der Waals surface area contributed by atoms with Crippen molar-refractivity contribution in [2.75, 3.05) is 13.7 Å². The Labute approximate surface area is 87.3 Å². The van der Waals surface area contributed by atoms with Crippen LogP contribution in [0, 0.1) is 0 Å². The Kier molecular flexibility index (Phi) is 2.73. The second-order valence-electron chi connectivity index (χ2n) is 3.06. The van der Waals surface area contributed by atoms with E-state index in [9.17, 15) is 0 Å². The van der Waals surface area contributed by atoms with Crippen LogP contribution in [0.5, 0.6) is 5.88 Å². The van der Waals surface area contributed by atoms with Crippen molar-refractivity contribution in [3.05, 3.63) is 24.2 Å². The lowest BCUT2D eigenvalue weighted by molar-refractivity contribution is 0.400. The molecule has 2 N–H and O–H groups in total. The van der Waals surface area contributed by atoms with Crippen molar-refractivity contribution in [3.8, 4) is 5.88 Å². The van der Waals surface area contributed by atoms with Crippen LogP contribution in [-0.4, -0.2) is 28.6 Å². The van der Waals surface area contributed by atoms with Gasteiger partial charge in [0.1, 0.15) is 5.82 Å². The molecular weight excluding hydrogens is 192 g/mol. The fraction of sp³-hybridized carbons (Fsp3) is 0.300. The first kappa shape index (κ1) is 9.79. The maximum atomic E-state index is 5.45. The van der Waals surface area contributed by atoms with Crippen molar-refractivity contribution in [1.82, 2.24) is 15.0 Å². The van der Waals surface area contributed by atoms with Gasteiger partial charge in [0.05, 0.1) is 12.5 Å². The average Bonchev–Trinajstić information content (AvgIpc) is 2.28. The van der Waals surface area contributed by atoms with Crippen LogP contribution < -0.4 is 10.5 Å². The lowest BCUT2D eigenvalue weighted by Gasteiger charge is -2.05. The van der Waals surface area contributed by atoms with Crippen LogP contribution in [0.15, 0.2) is 18.3 Å². The number of fused-ring (bicyclic) bond motifs is 1. The molecule has 0 atom stereocenters. The Balaban J connectivity index is 2.60. The van der Waals surface area contributed by atoms with Gasteiger partial charge in [0.2, 0.25) is 5.88 Å². The molecule has 0 saturated heterocycles. The summed E-state index contributed by atoms with van der Waals surface area (Å²) in [5.74, 6) is 1.22. The van der Waals surface area contributed by atoms with Gasteiger partial charge in [-0.2, -0.15) is 4.98 Å². The van der Waals surface area contributed by atoms with E-state index in [1.165, 1.54) is 0 Å². The Morgan fingerprint density at radius 3 is 3.00 bits per heavy atom. The van der Waals surface area contributed by atoms with E-state index in [1.807, 2.05) is 12.1 Å². The van der Waals surface area contributed by atoms with E-state index < -0.39 is 0 Å². The summed E-state index contributed by atoms with van der Waals surface area (Å²) in [5.41, 5.74) is 6.10. The van der Waals surface area contributed by atoms with Crippen LogP contribution in [0.25, 0.3) is 11.0 Å². The van der Waals surface area contributed by atoms with E-state index in [0.717, 1.165) is 5.39 Å². The summed E-state index contributed by atoms with van der Waals surface area (Å²) in [5, 5.41) is 0.820. The Morgan fingerprint density at radius 1 is 1.40 bits per heavy atom. The number of hydrogen-bond acceptors (Lipinski definition) is 5. The van der Waals surface area contributed by atoms with Crippen LogP contribution in [-0.2, 0) is 6.42 Å². The van der Waals surface area contributed by atoms with Crippen molar-refractivity contribution >= 4 is 11.0 Å². The van der Waals surface area contributed by atoms with E-state index >= 15 is 0 Å². The fourth-order valence-corrected chi connectivity index (χ4v) is 1.37. The number of pyridine rings is 1. The Morgan fingerprint density at radius 2 is 2.27 bits per heavy atom. The third-order valence-corrected chi connectivity index (χ3v) is 2.04. The summed E-state index contributed by atoms with van der Waals surface area (Å²) in [6, 6.07) is 3.71. The molecule has 2 aromatic rings. The Hall–Kier alpha value is -1.75. The zero-order valence-corrected chi connectivity index (χ0v) is 8.47. The van der Waals surface area contributed by atoms with Crippen molar-refractivity contribution in [1.29, 1.82) is 0 Å². The first-order chi connectivity index (χ1) is 7.35. The molecule has 5 heteroatoms. The molecule has 0 amide bonds. The second-order valence-corrected chi connectivity index (χ2v) is 3.06. The smallest absolute Gasteiger partial charge is 0.226 e. The lowest BCUT2D eigenvalue weighted by Crippen LogP contribution is -2.07. The molecule has 78 valence electrons. The van der Waals surface area contributed by atoms with Gasteiger partial charge in [0.25, 0.3) is 0 Å². The molecule has 0 unspecified atom stereocenters. The van der Waals surface area contributed by atoms with E-state index in [4.69, 9.17) is 10.5 Å². The number of hydrogen-bond donors (Lipinski definition) is 1. The van der Waals surface area contributed by atoms with Gasteiger partial charge in [-0.25, -0.2) is 9.97 Å². The van der Waals surface area contributed by atoms with Crippen LogP contribution in [0.1, 0.15) is 5.82 Å². The van der Waals surface area contributed by atoms with Crippen LogP contribution in [0.2, 0.25) is 0 Å². The highest BCUT2D eigenvalue weighted by molar-refractivity contribution is 5.79. The first-order valence-electron chi connectivity index (χ1n) is 4.71. The SMILES string of the molecule is COc1nc(CCN)nc2ncccc12. The predicted octanol–water partition coefficient (Wildman–Crippen LogP) is 0.535. The van der Waals surface area contributed by atoms with Crippen molar-refractivity contribution in [3.63, 3.8) is 0 Å². The largest absolute Gasteiger partial charge is 0.480 e. The molecule has 2 heterocycles. The van der Waals surface area contributed by atoms with E-state index in [0.29, 0.717) is 30.3 Å². The topological polar surface area (TPSA) is 73.9 Å². The minimum atomic E-state index is 0.515. The molecule has 0 aliphatic heterocycles. The summed E-state index contributed by atoms with van der Waals surface area (Å²) in [6.45, 7) is 0.515. The number of nitrogens with two attached hydrogens (primary N) is 1. The minimum Gasteiger partial charge on any atom is -0.480 e. The number of ether oxygens (including phenoxy) is 1. The fourth-order valence-electron chi connectivity index (χ4n) is 1.37. The monoisotopic (exact) mass is 204 g/mol. The summed E-state index contributed by atoms with van der Waals surface area (Å²) >= 11 is 0. The highest BCUT2D eigenvalue weighted by Crippen LogP contribution is 2.19. The molecule has 0 fully saturated rings. The van der Waals surface area contributed by atoms with Gasteiger partial charge < -0.3 is 10.5 Å². The first-order valence-corrected chi connectivity index (χ1v) is 4.71. The normalized spacial score (nSPS) is 10.5. The standard InChI is InChI=1S/C10H12N4O/c1-15-10-7-3-2-6-12-9(7)13-8(14-10)4-5-11/h2-3,6H,4-5,11H2,1H3. The number of aromatic nitrogens is 3. The molecule has 0 aromatic carbocycles. The zero-order chi connectivity index (χ0) is 10.7. The van der Waals surface area contributed by atoms with Gasteiger partial charge >= 0.3 is 0 Å². The zero-order valence-electron chi connectivity index (χ0n) is 8.47. The number of rotatable bonds is 3. The van der Waals surface area contributed by atoms with Crippen LogP contribution >= 0.6 is 0 Å². The molecule has 0 aliphatic rings. The number of methoxy groups -OCH3 is 1. The minimum absolute atomic E-state index is 0.515. The third-order valence-electron chi connectivity index (χ3n) is 2.04. The van der Waals surface area contributed by atoms with E-state index in [-0.39, 0.29) is 0 Å². The molecule has 0 aliphatic carbocycles. The number of nitrogens with zero attached hydrogens (tertiary/aromatic N) is 3. The maximum Gasteiger partial charge on any atom is 0.226 e. The molecule has 0 saturated carbocycles. The molecule has 0 bridgehead atoms. The van der Waals surface area contributed by atoms with Crippen molar-refractivity contribution < 1.29 is 4.74 Å². The van der Waals surface area contributed by atoms with Gasteiger partial charge in [0.15, 0.2) is 5.65 Å². The van der Waals surface area contributed by atoms with Crippen molar-refractivity contribution in [2.45, 2.75) is 6.42 Å². The quantitative estimate of drug-likeness (QED) is 0.789. The van der Waals surface area contributed by atoms with Gasteiger partial charge in [-0.3, -0.25) is 0 Å². The van der Waals surface area contributed by atoms with E-state index in [1.54, 1.807) is 13.3 Å². The van der Waals surface area contributed by atoms with E-state index in [2.05, 4.69) is 15.0 Å². The summed E-state index contributed by atoms with van der Waals surface area (Å²) < 4.78 is 5.18. The highest BCUT2D eigenvalue weighted by Gasteiger charge is 2.07. The second kappa shape index (κ2) is 4.18. The summed E-state index contributed by atoms with van der Waals surface area (Å²) in [6.07, 6.45) is 2.32. The van der Waals surface area contributed by atoms with Gasteiger partial charge in [0, 0.05) is 12.6 Å². The highest BCUT2D eigenvalue weighted by atomic mass is 16.5. The van der Waals surface area contributed by atoms with Gasteiger partial charge in [-0.05, 0) is 18.7 Å². The lowest BCUT2D eigenvalue weighted by atomic mass is 10.3. The molecule has 2 aromatic heterocycles. The third kappa shape index (κ3) is 1.87. The van der Waals surface area contributed by atoms with Crippen LogP contribution in [0.3, 0.4) is 0 Å². The van der Waals surface area contributed by atoms with Gasteiger partial charge in [-0.1, -0.05) is 0 Å². The van der Waals surface area contributed by atoms with Gasteiger partial charge in [-0.15, -0.1) is 0 Å². The Bertz CT molecular complexity index is 472. The average molecular weight is 204 g/mol. The van der Waals surface area contributed by atoms with Crippen molar-refractivity contribution in [2.24, 2.45) is 5.73 Å². The predicted molar refractivity (Wildman–Crippen MR) is 56.6 cm³/mol. The molecule has 2 rings (SSSR count). The molecule has 0 radical (unpaired) electrons. The molecule has 5 nitrogen and oxygen atoms in total. The summed E-state index contributed by atoms with van der Waals surface area (Å²) in [4.78, 5) is 12.7. The molecule has 0 spiro atoms.